The van der Waals surface area contributed by atoms with Crippen LogP contribution in [0.25, 0.3) is 0 Å². The van der Waals surface area contributed by atoms with E-state index >= 15 is 0 Å². The quantitative estimate of drug-likeness (QED) is 0.280. The van der Waals surface area contributed by atoms with E-state index in [1.54, 1.807) is 61.8 Å². The Hall–Kier alpha value is -4.18. The number of carbonyl (C=O) groups is 2. The van der Waals surface area contributed by atoms with Gasteiger partial charge in [0.05, 0.1) is 40.7 Å². The van der Waals surface area contributed by atoms with Crippen LogP contribution < -0.4 is 24.3 Å². The second kappa shape index (κ2) is 14.7. The molecule has 0 aliphatic carbocycles. The number of methoxy groups -OCH3 is 4. The van der Waals surface area contributed by atoms with E-state index in [0.717, 1.165) is 10.4 Å². The Morgan fingerprint density at radius 1 is 0.923 bits per heavy atom. The van der Waals surface area contributed by atoms with E-state index in [0.29, 0.717) is 48.2 Å². The predicted molar refractivity (Wildman–Crippen MR) is 153 cm³/mol. The van der Waals surface area contributed by atoms with Crippen molar-refractivity contribution in [1.82, 2.24) is 9.80 Å². The number of hydrogen-bond acceptors (Lipinski definition) is 7. The van der Waals surface area contributed by atoms with Crippen molar-refractivity contribution in [1.29, 1.82) is 0 Å². The van der Waals surface area contributed by atoms with E-state index in [9.17, 15) is 9.59 Å². The number of ether oxygens (including phenoxy) is 4. The lowest BCUT2D eigenvalue weighted by Gasteiger charge is -2.27. The van der Waals surface area contributed by atoms with Crippen LogP contribution in [0.1, 0.15) is 10.4 Å². The Bertz CT molecular complexity index is 1250. The summed E-state index contributed by atoms with van der Waals surface area (Å²) < 4.78 is 21.4. The van der Waals surface area contributed by atoms with E-state index in [2.05, 4.69) is 11.9 Å². The van der Waals surface area contributed by atoms with Gasteiger partial charge in [-0.25, -0.2) is 4.79 Å². The summed E-state index contributed by atoms with van der Waals surface area (Å²) >= 11 is 1.58. The highest BCUT2D eigenvalue weighted by Crippen LogP contribution is 2.30. The highest BCUT2D eigenvalue weighted by Gasteiger charge is 2.22. The normalized spacial score (nSPS) is 10.4. The first-order chi connectivity index (χ1) is 18.9. The number of carbonyl (C=O) groups excluding carboxylic acids is 2. The average Bonchev–Trinajstić information content (AvgIpc) is 3.48. The number of thiophene rings is 1. The van der Waals surface area contributed by atoms with Crippen molar-refractivity contribution < 1.29 is 28.5 Å². The third-order valence-corrected chi connectivity index (χ3v) is 6.87. The van der Waals surface area contributed by atoms with Gasteiger partial charge in [-0.3, -0.25) is 4.79 Å². The molecule has 208 valence electrons. The Labute approximate surface area is 233 Å². The third-order valence-electron chi connectivity index (χ3n) is 6.01. The smallest absolute Gasteiger partial charge is 0.322 e. The topological polar surface area (TPSA) is 89.6 Å². The van der Waals surface area contributed by atoms with Crippen LogP contribution >= 0.6 is 11.3 Å². The minimum Gasteiger partial charge on any atom is -0.497 e. The Balaban J connectivity index is 1.75. The van der Waals surface area contributed by atoms with Crippen LogP contribution in [0.15, 0.2) is 66.6 Å². The van der Waals surface area contributed by atoms with E-state index in [1.807, 2.05) is 35.7 Å². The van der Waals surface area contributed by atoms with Gasteiger partial charge in [0.15, 0.2) is 11.5 Å². The fraction of sp³-hybridized carbons (Fsp3) is 0.310. The first-order valence-electron chi connectivity index (χ1n) is 12.3. The van der Waals surface area contributed by atoms with Gasteiger partial charge >= 0.3 is 6.03 Å². The minimum absolute atomic E-state index is 0.117. The van der Waals surface area contributed by atoms with Gasteiger partial charge in [-0.2, -0.15) is 0 Å². The van der Waals surface area contributed by atoms with Crippen molar-refractivity contribution in [2.45, 2.75) is 13.0 Å². The van der Waals surface area contributed by atoms with Gasteiger partial charge in [0.1, 0.15) is 18.0 Å². The molecule has 3 aromatic rings. The van der Waals surface area contributed by atoms with Crippen molar-refractivity contribution in [3.8, 4) is 23.0 Å². The molecule has 0 unspecified atom stereocenters. The summed E-state index contributed by atoms with van der Waals surface area (Å²) in [5, 5.41) is 4.81. The first kappa shape index (κ1) is 29.4. The van der Waals surface area contributed by atoms with Crippen LogP contribution in [0.5, 0.6) is 23.0 Å². The van der Waals surface area contributed by atoms with E-state index in [4.69, 9.17) is 18.9 Å². The molecule has 0 spiro atoms. The molecular weight excluding hydrogens is 518 g/mol. The molecule has 3 amide bonds. The maximum atomic E-state index is 13.6. The number of benzene rings is 2. The molecule has 0 bridgehead atoms. The number of rotatable bonds is 14. The molecule has 0 fully saturated rings. The zero-order chi connectivity index (χ0) is 28.2. The molecule has 0 radical (unpaired) electrons. The first-order valence-corrected chi connectivity index (χ1v) is 13.2. The summed E-state index contributed by atoms with van der Waals surface area (Å²) in [5.41, 5.74) is 1.47. The van der Waals surface area contributed by atoms with Crippen LogP contribution in [-0.2, 0) is 17.8 Å². The number of urea groups is 1. The van der Waals surface area contributed by atoms with Crippen molar-refractivity contribution in [3.05, 3.63) is 77.0 Å². The zero-order valence-electron chi connectivity index (χ0n) is 22.8. The molecule has 10 heteroatoms. The predicted octanol–water partition coefficient (Wildman–Crippen LogP) is 5.07. The molecule has 0 aliphatic rings. The van der Waals surface area contributed by atoms with Crippen LogP contribution in [0.4, 0.5) is 10.5 Å². The summed E-state index contributed by atoms with van der Waals surface area (Å²) in [4.78, 5) is 31.0. The van der Waals surface area contributed by atoms with Crippen molar-refractivity contribution in [2.24, 2.45) is 0 Å². The number of nitrogens with one attached hydrogen (secondary N) is 1. The summed E-state index contributed by atoms with van der Waals surface area (Å²) in [5.74, 6) is 2.15. The van der Waals surface area contributed by atoms with Crippen molar-refractivity contribution in [2.75, 3.05) is 53.4 Å². The van der Waals surface area contributed by atoms with Crippen molar-refractivity contribution >= 4 is 29.0 Å². The fourth-order valence-corrected chi connectivity index (χ4v) is 4.64. The summed E-state index contributed by atoms with van der Waals surface area (Å²) in [6.45, 7) is 4.74. The number of nitrogens with zero attached hydrogens (tertiary/aromatic N) is 2. The lowest BCUT2D eigenvalue weighted by Crippen LogP contribution is -2.44. The molecule has 39 heavy (non-hydrogen) atoms. The molecule has 0 saturated heterocycles. The van der Waals surface area contributed by atoms with E-state index in [-0.39, 0.29) is 19.0 Å². The Morgan fingerprint density at radius 2 is 1.69 bits per heavy atom. The summed E-state index contributed by atoms with van der Waals surface area (Å²) in [6.07, 6.45) is 2.19. The van der Waals surface area contributed by atoms with Crippen LogP contribution in [-0.4, -0.2) is 69.8 Å². The highest BCUT2D eigenvalue weighted by molar-refractivity contribution is 7.09. The van der Waals surface area contributed by atoms with E-state index < -0.39 is 6.03 Å². The Kier molecular flexibility index (Phi) is 11.1. The van der Waals surface area contributed by atoms with Crippen LogP contribution in [0.3, 0.4) is 0 Å². The Morgan fingerprint density at radius 3 is 2.33 bits per heavy atom. The maximum Gasteiger partial charge on any atom is 0.322 e. The van der Waals surface area contributed by atoms with Crippen LogP contribution in [0, 0.1) is 0 Å². The molecule has 3 rings (SSSR count). The summed E-state index contributed by atoms with van der Waals surface area (Å²) in [6, 6.07) is 14.3. The van der Waals surface area contributed by atoms with Gasteiger partial charge in [0.2, 0.25) is 5.91 Å². The number of amides is 3. The molecule has 2 aromatic carbocycles. The summed E-state index contributed by atoms with van der Waals surface area (Å²) in [7, 11) is 6.25. The molecule has 1 N–H and O–H groups in total. The van der Waals surface area contributed by atoms with Gasteiger partial charge in [0.25, 0.3) is 0 Å². The maximum absolute atomic E-state index is 13.6. The molecule has 0 saturated carbocycles. The van der Waals surface area contributed by atoms with Crippen LogP contribution in [0.2, 0.25) is 0 Å². The van der Waals surface area contributed by atoms with Crippen molar-refractivity contribution in [3.63, 3.8) is 0 Å². The minimum atomic E-state index is -0.442. The molecule has 1 heterocycles. The molecule has 0 atom stereocenters. The second-order valence-electron chi connectivity index (χ2n) is 8.50. The SMILES string of the molecule is C=CCN(CC(=O)N(CCc1ccc(OC)c(OC)c1)Cc1cccs1)C(=O)Nc1ccc(OC)cc1OC. The molecular formula is C29H35N3O6S. The standard InChI is InChI=1S/C29H35N3O6S/c1-6-14-32(29(34)30-24-11-10-22(35-2)18-26(24)37-4)20-28(33)31(19-23-8-7-16-39-23)15-13-21-9-12-25(36-3)27(17-21)38-5/h6-12,16-18H,1,13-15,19-20H2,2-5H3,(H,30,34). The van der Waals surface area contributed by atoms with E-state index in [1.165, 1.54) is 12.0 Å². The molecule has 1 aromatic heterocycles. The molecule has 0 aliphatic heterocycles. The highest BCUT2D eigenvalue weighted by atomic mass is 32.1. The van der Waals surface area contributed by atoms with Gasteiger partial charge in [-0.1, -0.05) is 18.2 Å². The monoisotopic (exact) mass is 553 g/mol. The second-order valence-corrected chi connectivity index (χ2v) is 9.53. The van der Waals surface area contributed by atoms with Gasteiger partial charge < -0.3 is 34.1 Å². The lowest BCUT2D eigenvalue weighted by atomic mass is 10.1. The van der Waals surface area contributed by atoms with Gasteiger partial charge in [-0.15, -0.1) is 17.9 Å². The number of hydrogen-bond donors (Lipinski definition) is 1. The third kappa shape index (κ3) is 8.15. The zero-order valence-corrected chi connectivity index (χ0v) is 23.6. The van der Waals surface area contributed by atoms with Gasteiger partial charge in [0, 0.05) is 24.0 Å². The lowest BCUT2D eigenvalue weighted by molar-refractivity contribution is -0.132. The average molecular weight is 554 g/mol. The van der Waals surface area contributed by atoms with Gasteiger partial charge in [-0.05, 0) is 47.7 Å². The molecule has 9 nitrogen and oxygen atoms in total. The largest absolute Gasteiger partial charge is 0.497 e. The fourth-order valence-electron chi connectivity index (χ4n) is 3.92. The number of anilines is 1.